The highest BCUT2D eigenvalue weighted by atomic mass is 16.5. The number of ether oxygens (including phenoxy) is 4. The van der Waals surface area contributed by atoms with Crippen molar-refractivity contribution in [2.75, 3.05) is 34.0 Å². The summed E-state index contributed by atoms with van der Waals surface area (Å²) in [4.78, 5) is 24.5. The zero-order valence-corrected chi connectivity index (χ0v) is 17.7. The summed E-state index contributed by atoms with van der Waals surface area (Å²) >= 11 is 0. The van der Waals surface area contributed by atoms with Crippen LogP contribution in [0.1, 0.15) is 29.8 Å². The van der Waals surface area contributed by atoms with Crippen LogP contribution in [0.4, 0.5) is 0 Å². The van der Waals surface area contributed by atoms with Crippen LogP contribution in [0.25, 0.3) is 0 Å². The highest BCUT2D eigenvalue weighted by molar-refractivity contribution is 5.97. The molecule has 2 aromatic carbocycles. The van der Waals surface area contributed by atoms with Crippen LogP contribution >= 0.6 is 0 Å². The van der Waals surface area contributed by atoms with Crippen LogP contribution in [0.5, 0.6) is 23.0 Å². The number of carbonyl (C=O) groups is 2. The summed E-state index contributed by atoms with van der Waals surface area (Å²) in [5, 5.41) is 5.36. The largest absolute Gasteiger partial charge is 0.497 e. The molecular formula is C22H28N2O6. The SMILES string of the molecule is CCOc1ccc(C(=O)NCC(=O)NCc2cc(OC)cc(OC)c2)cc1OCC. The molecule has 0 atom stereocenters. The Labute approximate surface area is 176 Å². The van der Waals surface area contributed by atoms with Crippen molar-refractivity contribution in [2.45, 2.75) is 20.4 Å². The number of nitrogens with one attached hydrogen (secondary N) is 2. The van der Waals surface area contributed by atoms with E-state index >= 15 is 0 Å². The highest BCUT2D eigenvalue weighted by Crippen LogP contribution is 2.28. The maximum absolute atomic E-state index is 12.4. The van der Waals surface area contributed by atoms with Gasteiger partial charge in [0.05, 0.1) is 34.0 Å². The summed E-state index contributed by atoms with van der Waals surface area (Å²) in [5.74, 6) is 1.63. The van der Waals surface area contributed by atoms with Gasteiger partial charge in [0.25, 0.3) is 5.91 Å². The Kier molecular flexibility index (Phi) is 8.80. The molecule has 0 aromatic heterocycles. The Balaban J connectivity index is 1.91. The maximum Gasteiger partial charge on any atom is 0.251 e. The second-order valence-electron chi connectivity index (χ2n) is 6.21. The summed E-state index contributed by atoms with van der Waals surface area (Å²) < 4.78 is 21.4. The molecule has 2 amide bonds. The lowest BCUT2D eigenvalue weighted by molar-refractivity contribution is -0.120. The van der Waals surface area contributed by atoms with Crippen LogP contribution in [0.15, 0.2) is 36.4 Å². The smallest absolute Gasteiger partial charge is 0.251 e. The molecule has 2 aromatic rings. The summed E-state index contributed by atoms with van der Waals surface area (Å²) in [6.45, 7) is 4.78. The Morgan fingerprint density at radius 2 is 1.47 bits per heavy atom. The van der Waals surface area contributed by atoms with Crippen molar-refractivity contribution < 1.29 is 28.5 Å². The zero-order valence-electron chi connectivity index (χ0n) is 17.7. The minimum Gasteiger partial charge on any atom is -0.497 e. The predicted molar refractivity (Wildman–Crippen MR) is 113 cm³/mol. The van der Waals surface area contributed by atoms with Crippen molar-refractivity contribution in [1.29, 1.82) is 0 Å². The molecule has 30 heavy (non-hydrogen) atoms. The van der Waals surface area contributed by atoms with Gasteiger partial charge in [-0.1, -0.05) is 0 Å². The number of amides is 2. The van der Waals surface area contributed by atoms with Crippen LogP contribution in [-0.4, -0.2) is 45.8 Å². The number of hydrogen-bond acceptors (Lipinski definition) is 6. The molecule has 0 spiro atoms. The van der Waals surface area contributed by atoms with E-state index in [1.165, 1.54) is 0 Å². The molecule has 0 saturated heterocycles. The van der Waals surface area contributed by atoms with Crippen molar-refractivity contribution in [3.8, 4) is 23.0 Å². The van der Waals surface area contributed by atoms with Crippen LogP contribution in [0, 0.1) is 0 Å². The predicted octanol–water partition coefficient (Wildman–Crippen LogP) is 2.55. The van der Waals surface area contributed by atoms with Gasteiger partial charge in [0.15, 0.2) is 11.5 Å². The molecule has 0 aliphatic rings. The fraction of sp³-hybridized carbons (Fsp3) is 0.364. The first kappa shape index (κ1) is 22.9. The van der Waals surface area contributed by atoms with Crippen LogP contribution in [0.2, 0.25) is 0 Å². The third-order valence-corrected chi connectivity index (χ3v) is 4.12. The van der Waals surface area contributed by atoms with Gasteiger partial charge < -0.3 is 29.6 Å². The van der Waals surface area contributed by atoms with E-state index in [0.717, 1.165) is 5.56 Å². The second-order valence-corrected chi connectivity index (χ2v) is 6.21. The fourth-order valence-electron chi connectivity index (χ4n) is 2.69. The number of hydrogen-bond donors (Lipinski definition) is 2. The average molecular weight is 416 g/mol. The molecule has 0 heterocycles. The van der Waals surface area contributed by atoms with Gasteiger partial charge in [-0.3, -0.25) is 9.59 Å². The molecule has 8 heteroatoms. The minimum atomic E-state index is -0.378. The van der Waals surface area contributed by atoms with Crippen LogP contribution in [0.3, 0.4) is 0 Å². The molecule has 8 nitrogen and oxygen atoms in total. The van der Waals surface area contributed by atoms with E-state index < -0.39 is 0 Å². The lowest BCUT2D eigenvalue weighted by Gasteiger charge is -2.13. The number of benzene rings is 2. The first-order valence-electron chi connectivity index (χ1n) is 9.67. The van der Waals surface area contributed by atoms with E-state index in [0.29, 0.717) is 41.8 Å². The molecule has 0 saturated carbocycles. The molecular weight excluding hydrogens is 388 g/mol. The number of rotatable bonds is 11. The van der Waals surface area contributed by atoms with Gasteiger partial charge in [-0.25, -0.2) is 0 Å². The standard InChI is InChI=1S/C22H28N2O6/c1-5-29-19-8-7-16(11-20(19)30-6-2)22(26)24-14-21(25)23-13-15-9-17(27-3)12-18(10-15)28-4/h7-12H,5-6,13-14H2,1-4H3,(H,23,25)(H,24,26). The molecule has 0 radical (unpaired) electrons. The zero-order chi connectivity index (χ0) is 21.9. The van der Waals surface area contributed by atoms with Gasteiger partial charge in [0.2, 0.25) is 5.91 Å². The van der Waals surface area contributed by atoms with E-state index in [1.807, 2.05) is 13.8 Å². The fourth-order valence-corrected chi connectivity index (χ4v) is 2.69. The summed E-state index contributed by atoms with van der Waals surface area (Å²) in [6, 6.07) is 10.3. The van der Waals surface area contributed by atoms with Crippen molar-refractivity contribution in [3.05, 3.63) is 47.5 Å². The lowest BCUT2D eigenvalue weighted by Crippen LogP contribution is -2.36. The van der Waals surface area contributed by atoms with Gasteiger partial charge in [0, 0.05) is 18.2 Å². The quantitative estimate of drug-likeness (QED) is 0.585. The number of carbonyl (C=O) groups excluding carboxylic acids is 2. The normalized spacial score (nSPS) is 10.1. The van der Waals surface area contributed by atoms with Crippen LogP contribution in [-0.2, 0) is 11.3 Å². The Morgan fingerprint density at radius 3 is 2.07 bits per heavy atom. The summed E-state index contributed by atoms with van der Waals surface area (Å²) in [5.41, 5.74) is 1.20. The van der Waals surface area contributed by atoms with Gasteiger partial charge in [-0.2, -0.15) is 0 Å². The Hall–Kier alpha value is -3.42. The van der Waals surface area contributed by atoms with Gasteiger partial charge in [0.1, 0.15) is 11.5 Å². The van der Waals surface area contributed by atoms with E-state index in [-0.39, 0.29) is 24.9 Å². The number of methoxy groups -OCH3 is 2. The molecule has 162 valence electrons. The molecule has 0 aliphatic heterocycles. The van der Waals surface area contributed by atoms with E-state index in [4.69, 9.17) is 18.9 Å². The van der Waals surface area contributed by atoms with E-state index in [1.54, 1.807) is 50.6 Å². The molecule has 2 N–H and O–H groups in total. The van der Waals surface area contributed by atoms with E-state index in [2.05, 4.69) is 10.6 Å². The van der Waals surface area contributed by atoms with Crippen molar-refractivity contribution in [3.63, 3.8) is 0 Å². The topological polar surface area (TPSA) is 95.1 Å². The monoisotopic (exact) mass is 416 g/mol. The van der Waals surface area contributed by atoms with Crippen LogP contribution < -0.4 is 29.6 Å². The maximum atomic E-state index is 12.4. The van der Waals surface area contributed by atoms with Crippen molar-refractivity contribution in [1.82, 2.24) is 10.6 Å². The summed E-state index contributed by atoms with van der Waals surface area (Å²) in [7, 11) is 3.12. The van der Waals surface area contributed by atoms with Crippen molar-refractivity contribution >= 4 is 11.8 Å². The average Bonchev–Trinajstić information content (AvgIpc) is 2.77. The Morgan fingerprint density at radius 1 is 0.833 bits per heavy atom. The third-order valence-electron chi connectivity index (χ3n) is 4.12. The molecule has 2 rings (SSSR count). The molecule has 0 unspecified atom stereocenters. The first-order chi connectivity index (χ1) is 14.5. The molecule has 0 fully saturated rings. The van der Waals surface area contributed by atoms with E-state index in [9.17, 15) is 9.59 Å². The first-order valence-corrected chi connectivity index (χ1v) is 9.67. The highest BCUT2D eigenvalue weighted by Gasteiger charge is 2.13. The lowest BCUT2D eigenvalue weighted by atomic mass is 10.2. The third kappa shape index (κ3) is 6.58. The second kappa shape index (κ2) is 11.5. The minimum absolute atomic E-state index is 0.156. The summed E-state index contributed by atoms with van der Waals surface area (Å²) in [6.07, 6.45) is 0. The van der Waals surface area contributed by atoms with Crippen molar-refractivity contribution in [2.24, 2.45) is 0 Å². The van der Waals surface area contributed by atoms with Gasteiger partial charge in [-0.05, 0) is 49.7 Å². The molecule has 0 aliphatic carbocycles. The van der Waals surface area contributed by atoms with Gasteiger partial charge >= 0.3 is 0 Å². The van der Waals surface area contributed by atoms with Gasteiger partial charge in [-0.15, -0.1) is 0 Å². The molecule has 0 bridgehead atoms. The Bertz CT molecular complexity index is 846.